The summed E-state index contributed by atoms with van der Waals surface area (Å²) in [5, 5.41) is 19.8. The summed E-state index contributed by atoms with van der Waals surface area (Å²) >= 11 is 6.58. The van der Waals surface area contributed by atoms with Gasteiger partial charge in [-0.15, -0.1) is 0 Å². The molecule has 0 radical (unpaired) electrons. The zero-order chi connectivity index (χ0) is 29.5. The lowest BCUT2D eigenvalue weighted by atomic mass is 10.0. The van der Waals surface area contributed by atoms with Crippen LogP contribution in [0.2, 0.25) is 5.02 Å². The minimum absolute atomic E-state index is 0.0122. The summed E-state index contributed by atoms with van der Waals surface area (Å²) in [4.78, 5) is 26.4. The first kappa shape index (κ1) is 29.2. The number of rotatable bonds is 8. The number of nitrogens with one attached hydrogen (secondary N) is 2. The largest absolute Gasteiger partial charge is 0.394 e. The van der Waals surface area contributed by atoms with Crippen molar-refractivity contribution >= 4 is 34.8 Å². The van der Waals surface area contributed by atoms with Gasteiger partial charge in [0, 0.05) is 73.2 Å². The maximum Gasteiger partial charge on any atom is 0.255 e. The Kier molecular flexibility index (Phi) is 9.46. The van der Waals surface area contributed by atoms with E-state index in [2.05, 4.69) is 54.4 Å². The molecule has 3 N–H and O–H groups in total. The van der Waals surface area contributed by atoms with Crippen molar-refractivity contribution in [2.24, 2.45) is 0 Å². The van der Waals surface area contributed by atoms with Crippen molar-refractivity contribution in [1.82, 2.24) is 29.5 Å². The fourth-order valence-electron chi connectivity index (χ4n) is 4.48. The fraction of sp³-hybridized carbons (Fsp3) is 0.290. The quantitative estimate of drug-likeness (QED) is 0.268. The van der Waals surface area contributed by atoms with Gasteiger partial charge in [0.1, 0.15) is 0 Å². The molecule has 3 heterocycles. The number of halogens is 1. The maximum atomic E-state index is 13.1. The molecule has 1 amide bonds. The topological polar surface area (TPSA) is 111 Å². The van der Waals surface area contributed by atoms with E-state index in [0.29, 0.717) is 34.3 Å². The van der Waals surface area contributed by atoms with Crippen molar-refractivity contribution in [3.05, 3.63) is 94.0 Å². The molecule has 0 atom stereocenters. The van der Waals surface area contributed by atoms with Crippen LogP contribution in [0.25, 0.3) is 0 Å². The van der Waals surface area contributed by atoms with Gasteiger partial charge in [-0.1, -0.05) is 35.6 Å². The number of nitrogens with zero attached hydrogens (tertiary/aromatic N) is 6. The number of hydrogen-bond donors (Lipinski definition) is 3. The number of aromatic nitrogens is 4. The Balaban J connectivity index is 1.21. The van der Waals surface area contributed by atoms with Crippen LogP contribution in [0.15, 0.2) is 61.2 Å². The van der Waals surface area contributed by atoms with Gasteiger partial charge in [-0.05, 0) is 49.4 Å². The second kappa shape index (κ2) is 13.6. The van der Waals surface area contributed by atoms with Gasteiger partial charge in [0.15, 0.2) is 0 Å². The van der Waals surface area contributed by atoms with E-state index >= 15 is 0 Å². The molecule has 1 aliphatic heterocycles. The number of hydrogen-bond acceptors (Lipinski definition) is 8. The molecule has 11 heteroatoms. The SMILES string of the molecule is Cc1ccc(C(=O)Nc2ccc(CN3CCN(C)CC3)c(Cl)c2)cc1C#Cc1cnc(Nc2cnn(CCO)c2)nc1. The highest BCUT2D eigenvalue weighted by molar-refractivity contribution is 6.31. The van der Waals surface area contributed by atoms with Gasteiger partial charge in [-0.25, -0.2) is 9.97 Å². The maximum absolute atomic E-state index is 13.1. The summed E-state index contributed by atoms with van der Waals surface area (Å²) in [6, 6.07) is 11.1. The van der Waals surface area contributed by atoms with Gasteiger partial charge in [-0.2, -0.15) is 5.10 Å². The summed E-state index contributed by atoms with van der Waals surface area (Å²) < 4.78 is 1.63. The number of benzene rings is 2. The summed E-state index contributed by atoms with van der Waals surface area (Å²) in [5.74, 6) is 6.39. The van der Waals surface area contributed by atoms with E-state index in [1.165, 1.54) is 0 Å². The van der Waals surface area contributed by atoms with E-state index in [-0.39, 0.29) is 12.5 Å². The summed E-state index contributed by atoms with van der Waals surface area (Å²) in [6.45, 7) is 7.29. The second-order valence-corrected chi connectivity index (χ2v) is 10.7. The van der Waals surface area contributed by atoms with Gasteiger partial charge in [0.2, 0.25) is 5.95 Å². The molecule has 2 aromatic heterocycles. The zero-order valence-electron chi connectivity index (χ0n) is 23.6. The number of anilines is 3. The molecule has 4 aromatic rings. The van der Waals surface area contributed by atoms with Crippen molar-refractivity contribution < 1.29 is 9.90 Å². The fourth-order valence-corrected chi connectivity index (χ4v) is 4.72. The standard InChI is InChI=1S/C31H33ClN8O2/c1-22-3-5-25(30(42)36-27-8-7-26(29(32)16-27)20-39-11-9-38(2)10-12-39)15-24(22)6-4-23-17-33-31(34-18-23)37-28-19-35-40(21-28)13-14-41/h3,5,7-8,15-19,21,41H,9-14,20H2,1-2H3,(H,36,42)(H,33,34,37). The first-order valence-corrected chi connectivity index (χ1v) is 14.1. The predicted molar refractivity (Wildman–Crippen MR) is 164 cm³/mol. The van der Waals surface area contributed by atoms with Gasteiger partial charge >= 0.3 is 0 Å². The summed E-state index contributed by atoms with van der Waals surface area (Å²) in [5.41, 5.74) is 5.24. The van der Waals surface area contributed by atoms with Gasteiger partial charge < -0.3 is 20.6 Å². The highest BCUT2D eigenvalue weighted by Crippen LogP contribution is 2.24. The molecule has 1 fully saturated rings. The third kappa shape index (κ3) is 7.72. The van der Waals surface area contributed by atoms with Gasteiger partial charge in [0.25, 0.3) is 5.91 Å². The molecule has 0 bridgehead atoms. The van der Waals surface area contributed by atoms with E-state index < -0.39 is 0 Å². The van der Waals surface area contributed by atoms with Gasteiger partial charge in [-0.3, -0.25) is 14.4 Å². The predicted octanol–water partition coefficient (Wildman–Crippen LogP) is 3.77. The van der Waals surface area contributed by atoms with Crippen LogP contribution in [-0.2, 0) is 13.1 Å². The van der Waals surface area contributed by atoms with E-state index in [1.807, 2.05) is 25.1 Å². The third-order valence-corrected chi connectivity index (χ3v) is 7.36. The molecule has 0 aliphatic carbocycles. The number of amides is 1. The molecular weight excluding hydrogens is 552 g/mol. The van der Waals surface area contributed by atoms with Crippen LogP contribution in [0.5, 0.6) is 0 Å². The Bertz CT molecular complexity index is 1600. The normalized spacial score (nSPS) is 13.8. The first-order chi connectivity index (χ1) is 20.4. The summed E-state index contributed by atoms with van der Waals surface area (Å²) in [7, 11) is 2.14. The minimum atomic E-state index is -0.234. The Morgan fingerprint density at radius 3 is 2.55 bits per heavy atom. The van der Waals surface area contributed by atoms with Crippen LogP contribution in [0, 0.1) is 18.8 Å². The number of carbonyl (C=O) groups is 1. The number of aliphatic hydroxyl groups excluding tert-OH is 1. The molecule has 2 aromatic carbocycles. The molecule has 5 rings (SSSR count). The lowest BCUT2D eigenvalue weighted by Gasteiger charge is -2.32. The highest BCUT2D eigenvalue weighted by atomic mass is 35.5. The Morgan fingerprint density at radius 1 is 1.02 bits per heavy atom. The monoisotopic (exact) mass is 584 g/mol. The van der Waals surface area contributed by atoms with Crippen LogP contribution < -0.4 is 10.6 Å². The van der Waals surface area contributed by atoms with E-state index in [0.717, 1.165) is 55.1 Å². The van der Waals surface area contributed by atoms with Crippen molar-refractivity contribution in [3.8, 4) is 11.8 Å². The molecule has 0 unspecified atom stereocenters. The van der Waals surface area contributed by atoms with Crippen LogP contribution in [-0.4, -0.2) is 80.4 Å². The molecule has 216 valence electrons. The number of carbonyl (C=O) groups excluding carboxylic acids is 1. The molecule has 1 aliphatic rings. The smallest absolute Gasteiger partial charge is 0.255 e. The van der Waals surface area contributed by atoms with Crippen LogP contribution in [0.4, 0.5) is 17.3 Å². The summed E-state index contributed by atoms with van der Waals surface area (Å²) in [6.07, 6.45) is 6.66. The zero-order valence-corrected chi connectivity index (χ0v) is 24.4. The molecule has 42 heavy (non-hydrogen) atoms. The molecule has 0 saturated carbocycles. The number of aliphatic hydroxyl groups is 1. The Hall–Kier alpha value is -4.27. The Morgan fingerprint density at radius 2 is 1.81 bits per heavy atom. The van der Waals surface area contributed by atoms with Crippen LogP contribution in [0.1, 0.15) is 32.6 Å². The molecule has 0 spiro atoms. The number of aryl methyl sites for hydroxylation is 1. The molecular formula is C31H33ClN8O2. The average molecular weight is 585 g/mol. The molecule has 1 saturated heterocycles. The van der Waals surface area contributed by atoms with Crippen molar-refractivity contribution in [3.63, 3.8) is 0 Å². The van der Waals surface area contributed by atoms with Crippen LogP contribution in [0.3, 0.4) is 0 Å². The van der Waals surface area contributed by atoms with Crippen LogP contribution >= 0.6 is 11.6 Å². The van der Waals surface area contributed by atoms with Crippen molar-refractivity contribution in [2.75, 3.05) is 50.5 Å². The van der Waals surface area contributed by atoms with E-state index in [4.69, 9.17) is 16.7 Å². The molecule has 10 nitrogen and oxygen atoms in total. The lowest BCUT2D eigenvalue weighted by Crippen LogP contribution is -2.43. The van der Waals surface area contributed by atoms with E-state index in [9.17, 15) is 4.79 Å². The van der Waals surface area contributed by atoms with E-state index in [1.54, 1.807) is 47.7 Å². The number of piperazine rings is 1. The third-order valence-electron chi connectivity index (χ3n) is 7.01. The average Bonchev–Trinajstić information content (AvgIpc) is 3.42. The first-order valence-electron chi connectivity index (χ1n) is 13.7. The van der Waals surface area contributed by atoms with Crippen molar-refractivity contribution in [1.29, 1.82) is 0 Å². The van der Waals surface area contributed by atoms with Crippen molar-refractivity contribution in [2.45, 2.75) is 20.0 Å². The van der Waals surface area contributed by atoms with Gasteiger partial charge in [0.05, 0.1) is 30.6 Å². The Labute approximate surface area is 250 Å². The second-order valence-electron chi connectivity index (χ2n) is 10.3. The highest BCUT2D eigenvalue weighted by Gasteiger charge is 2.16. The minimum Gasteiger partial charge on any atom is -0.394 e. The lowest BCUT2D eigenvalue weighted by molar-refractivity contribution is 0.102. The number of likely N-dealkylation sites (N-methyl/N-ethyl adjacent to an activating group) is 1.